The van der Waals surface area contributed by atoms with Crippen molar-refractivity contribution in [2.75, 3.05) is 11.9 Å². The molecule has 0 saturated carbocycles. The first kappa shape index (κ1) is 18.1. The van der Waals surface area contributed by atoms with Crippen LogP contribution in [0, 0.1) is 0 Å². The SMILES string of the molecule is CCOC(=O)c1csc(NC(=O)CCC(=O)c2ccc(Cl)cc2)n1. The maximum Gasteiger partial charge on any atom is 0.357 e. The Labute approximate surface area is 147 Å². The minimum absolute atomic E-state index is 0.0236. The fraction of sp³-hybridized carbons (Fsp3) is 0.250. The predicted octanol–water partition coefficient (Wildman–Crippen LogP) is 3.57. The van der Waals surface area contributed by atoms with Crippen LogP contribution in [-0.4, -0.2) is 29.3 Å². The number of thiazole rings is 1. The monoisotopic (exact) mass is 366 g/mol. The van der Waals surface area contributed by atoms with Gasteiger partial charge in [-0.2, -0.15) is 0 Å². The van der Waals surface area contributed by atoms with E-state index in [4.69, 9.17) is 16.3 Å². The molecule has 24 heavy (non-hydrogen) atoms. The molecule has 1 heterocycles. The molecule has 1 amide bonds. The van der Waals surface area contributed by atoms with Crippen LogP contribution < -0.4 is 5.32 Å². The van der Waals surface area contributed by atoms with Crippen LogP contribution in [-0.2, 0) is 9.53 Å². The largest absolute Gasteiger partial charge is 0.461 e. The van der Waals surface area contributed by atoms with Gasteiger partial charge in [0.15, 0.2) is 16.6 Å². The van der Waals surface area contributed by atoms with Crippen molar-refractivity contribution in [2.45, 2.75) is 19.8 Å². The summed E-state index contributed by atoms with van der Waals surface area (Å²) in [5.41, 5.74) is 0.653. The molecular weight excluding hydrogens is 352 g/mol. The van der Waals surface area contributed by atoms with Crippen LogP contribution in [0.3, 0.4) is 0 Å². The van der Waals surface area contributed by atoms with E-state index in [9.17, 15) is 14.4 Å². The van der Waals surface area contributed by atoms with Crippen molar-refractivity contribution in [1.82, 2.24) is 4.98 Å². The molecule has 0 unspecified atom stereocenters. The molecule has 0 fully saturated rings. The highest BCUT2D eigenvalue weighted by molar-refractivity contribution is 7.14. The maximum absolute atomic E-state index is 12.0. The molecular formula is C16H15ClN2O4S. The van der Waals surface area contributed by atoms with Gasteiger partial charge in [0, 0.05) is 28.8 Å². The molecule has 0 radical (unpaired) electrons. The number of hydrogen-bond donors (Lipinski definition) is 1. The number of esters is 1. The highest BCUT2D eigenvalue weighted by atomic mass is 35.5. The molecule has 0 spiro atoms. The maximum atomic E-state index is 12.0. The third kappa shape index (κ3) is 5.14. The molecule has 0 atom stereocenters. The first-order chi connectivity index (χ1) is 11.5. The summed E-state index contributed by atoms with van der Waals surface area (Å²) in [5, 5.41) is 4.91. The number of ether oxygens (including phenoxy) is 1. The van der Waals surface area contributed by atoms with Gasteiger partial charge in [-0.3, -0.25) is 9.59 Å². The summed E-state index contributed by atoms with van der Waals surface area (Å²) in [4.78, 5) is 39.3. The zero-order chi connectivity index (χ0) is 17.5. The molecule has 0 aliphatic rings. The summed E-state index contributed by atoms with van der Waals surface area (Å²) in [6.07, 6.45) is 0.0966. The molecule has 2 aromatic rings. The molecule has 8 heteroatoms. The lowest BCUT2D eigenvalue weighted by atomic mass is 10.1. The highest BCUT2D eigenvalue weighted by Crippen LogP contribution is 2.17. The summed E-state index contributed by atoms with van der Waals surface area (Å²) in [6.45, 7) is 1.95. The molecule has 126 valence electrons. The van der Waals surface area contributed by atoms with Gasteiger partial charge in [-0.1, -0.05) is 11.6 Å². The van der Waals surface area contributed by atoms with E-state index in [2.05, 4.69) is 10.3 Å². The van der Waals surface area contributed by atoms with E-state index in [0.29, 0.717) is 15.7 Å². The van der Waals surface area contributed by atoms with E-state index in [1.165, 1.54) is 5.38 Å². The highest BCUT2D eigenvalue weighted by Gasteiger charge is 2.14. The summed E-state index contributed by atoms with van der Waals surface area (Å²) >= 11 is 6.88. The van der Waals surface area contributed by atoms with Crippen molar-refractivity contribution in [1.29, 1.82) is 0 Å². The quantitative estimate of drug-likeness (QED) is 0.598. The van der Waals surface area contributed by atoms with E-state index < -0.39 is 5.97 Å². The van der Waals surface area contributed by atoms with Gasteiger partial charge in [-0.05, 0) is 31.2 Å². The third-order valence-electron chi connectivity index (χ3n) is 2.98. The number of nitrogens with zero attached hydrogens (tertiary/aromatic N) is 1. The molecule has 2 rings (SSSR count). The Hall–Kier alpha value is -2.25. The number of aromatic nitrogens is 1. The molecule has 0 saturated heterocycles. The second-order valence-electron chi connectivity index (χ2n) is 4.74. The standard InChI is InChI=1S/C16H15ClN2O4S/c1-2-23-15(22)12-9-24-16(18-12)19-14(21)8-7-13(20)10-3-5-11(17)6-4-10/h3-6,9H,2,7-8H2,1H3,(H,18,19,21). The van der Waals surface area contributed by atoms with E-state index in [1.54, 1.807) is 31.2 Å². The summed E-state index contributed by atoms with van der Waals surface area (Å²) in [6, 6.07) is 6.49. The summed E-state index contributed by atoms with van der Waals surface area (Å²) < 4.78 is 4.82. The molecule has 0 aliphatic heterocycles. The number of hydrogen-bond acceptors (Lipinski definition) is 6. The van der Waals surface area contributed by atoms with Crippen LogP contribution >= 0.6 is 22.9 Å². The van der Waals surface area contributed by atoms with Crippen molar-refractivity contribution in [3.8, 4) is 0 Å². The lowest BCUT2D eigenvalue weighted by molar-refractivity contribution is -0.116. The Kier molecular flexibility index (Phi) is 6.45. The molecule has 1 N–H and O–H groups in total. The van der Waals surface area contributed by atoms with Crippen LogP contribution in [0.1, 0.15) is 40.6 Å². The Bertz CT molecular complexity index is 743. The number of rotatable bonds is 7. The molecule has 0 aliphatic carbocycles. The van der Waals surface area contributed by atoms with Crippen molar-refractivity contribution in [3.63, 3.8) is 0 Å². The van der Waals surface area contributed by atoms with Crippen LogP contribution in [0.15, 0.2) is 29.6 Å². The lowest BCUT2D eigenvalue weighted by Gasteiger charge is -2.02. The Morgan fingerprint density at radius 1 is 1.21 bits per heavy atom. The van der Waals surface area contributed by atoms with Crippen LogP contribution in [0.25, 0.3) is 0 Å². The fourth-order valence-corrected chi connectivity index (χ4v) is 2.64. The lowest BCUT2D eigenvalue weighted by Crippen LogP contribution is -2.14. The van der Waals surface area contributed by atoms with E-state index in [0.717, 1.165) is 11.3 Å². The number of ketones is 1. The van der Waals surface area contributed by atoms with Crippen LogP contribution in [0.2, 0.25) is 5.02 Å². The second-order valence-corrected chi connectivity index (χ2v) is 6.03. The first-order valence-electron chi connectivity index (χ1n) is 7.21. The summed E-state index contributed by atoms with van der Waals surface area (Å²) in [5.74, 6) is -1.03. The number of Topliss-reactive ketones (excluding diaryl/α,β-unsaturated/α-hetero) is 1. The number of anilines is 1. The molecule has 0 bridgehead atoms. The third-order valence-corrected chi connectivity index (χ3v) is 3.99. The van der Waals surface area contributed by atoms with E-state index in [-0.39, 0.29) is 36.8 Å². The Morgan fingerprint density at radius 3 is 2.58 bits per heavy atom. The zero-order valence-electron chi connectivity index (χ0n) is 12.9. The number of nitrogens with one attached hydrogen (secondary N) is 1. The summed E-state index contributed by atoms with van der Waals surface area (Å²) in [7, 11) is 0. The number of benzene rings is 1. The predicted molar refractivity (Wildman–Crippen MR) is 91.7 cm³/mol. The minimum Gasteiger partial charge on any atom is -0.461 e. The zero-order valence-corrected chi connectivity index (χ0v) is 14.4. The average Bonchev–Trinajstić information content (AvgIpc) is 3.02. The Balaban J connectivity index is 1.84. The average molecular weight is 367 g/mol. The second kappa shape index (κ2) is 8.56. The first-order valence-corrected chi connectivity index (χ1v) is 8.46. The van der Waals surface area contributed by atoms with Gasteiger partial charge >= 0.3 is 5.97 Å². The van der Waals surface area contributed by atoms with Gasteiger partial charge in [0.25, 0.3) is 0 Å². The molecule has 1 aromatic heterocycles. The van der Waals surface area contributed by atoms with Crippen molar-refractivity contribution < 1.29 is 19.1 Å². The van der Waals surface area contributed by atoms with Crippen molar-refractivity contribution in [3.05, 3.63) is 45.9 Å². The molecule has 6 nitrogen and oxygen atoms in total. The van der Waals surface area contributed by atoms with Gasteiger partial charge in [-0.15, -0.1) is 11.3 Å². The molecule has 1 aromatic carbocycles. The Morgan fingerprint density at radius 2 is 1.92 bits per heavy atom. The van der Waals surface area contributed by atoms with E-state index in [1.807, 2.05) is 0 Å². The normalized spacial score (nSPS) is 10.2. The number of carbonyl (C=O) groups excluding carboxylic acids is 3. The van der Waals surface area contributed by atoms with Gasteiger partial charge < -0.3 is 10.1 Å². The van der Waals surface area contributed by atoms with Gasteiger partial charge in [-0.25, -0.2) is 9.78 Å². The van der Waals surface area contributed by atoms with Crippen LogP contribution in [0.5, 0.6) is 0 Å². The van der Waals surface area contributed by atoms with Crippen LogP contribution in [0.4, 0.5) is 5.13 Å². The minimum atomic E-state index is -0.535. The van der Waals surface area contributed by atoms with Gasteiger partial charge in [0.2, 0.25) is 5.91 Å². The number of halogens is 1. The van der Waals surface area contributed by atoms with Crippen molar-refractivity contribution in [2.24, 2.45) is 0 Å². The van der Waals surface area contributed by atoms with Crippen molar-refractivity contribution >= 4 is 45.7 Å². The number of amides is 1. The topological polar surface area (TPSA) is 85.4 Å². The van der Waals surface area contributed by atoms with E-state index >= 15 is 0 Å². The van der Waals surface area contributed by atoms with Gasteiger partial charge in [0.1, 0.15) is 0 Å². The number of carbonyl (C=O) groups is 3. The fourth-order valence-electron chi connectivity index (χ4n) is 1.82. The smallest absolute Gasteiger partial charge is 0.357 e. The van der Waals surface area contributed by atoms with Gasteiger partial charge in [0.05, 0.1) is 6.61 Å².